The van der Waals surface area contributed by atoms with Crippen LogP contribution in [0.4, 0.5) is 0 Å². The Morgan fingerprint density at radius 1 is 1.06 bits per heavy atom. The van der Waals surface area contributed by atoms with Crippen LogP contribution in [0.3, 0.4) is 0 Å². The molecule has 0 saturated heterocycles. The molecule has 4 rings (SSSR count). The summed E-state index contributed by atoms with van der Waals surface area (Å²) in [5, 5.41) is 9.58. The van der Waals surface area contributed by atoms with E-state index in [0.717, 1.165) is 5.75 Å². The van der Waals surface area contributed by atoms with Crippen LogP contribution in [0.25, 0.3) is 6.08 Å². The summed E-state index contributed by atoms with van der Waals surface area (Å²) in [4.78, 5) is 21.9. The Labute approximate surface area is 197 Å². The van der Waals surface area contributed by atoms with E-state index in [4.69, 9.17) is 29.2 Å². The molecule has 0 bridgehead atoms. The minimum atomic E-state index is -0.501. The fourth-order valence-electron chi connectivity index (χ4n) is 3.37. The van der Waals surface area contributed by atoms with Crippen molar-refractivity contribution in [2.45, 2.75) is 13.8 Å². The van der Waals surface area contributed by atoms with Crippen molar-refractivity contribution in [3.63, 3.8) is 0 Å². The van der Waals surface area contributed by atoms with Gasteiger partial charge in [-0.2, -0.15) is 4.99 Å². The molecule has 176 valence electrons. The Balaban J connectivity index is 1.44. The van der Waals surface area contributed by atoms with Gasteiger partial charge >= 0.3 is 0 Å². The lowest BCUT2D eigenvalue weighted by Crippen LogP contribution is -2.38. The van der Waals surface area contributed by atoms with Gasteiger partial charge in [-0.3, -0.25) is 10.2 Å². The van der Waals surface area contributed by atoms with Crippen molar-refractivity contribution in [3.8, 4) is 23.0 Å². The molecule has 34 heavy (non-hydrogen) atoms. The van der Waals surface area contributed by atoms with E-state index < -0.39 is 5.91 Å². The molecule has 0 atom stereocenters. The van der Waals surface area contributed by atoms with E-state index in [1.165, 1.54) is 5.06 Å². The van der Waals surface area contributed by atoms with Gasteiger partial charge < -0.3 is 23.8 Å². The third kappa shape index (κ3) is 5.03. The highest BCUT2D eigenvalue weighted by Gasteiger charge is 2.34. The van der Waals surface area contributed by atoms with E-state index >= 15 is 0 Å². The molecule has 0 aromatic heterocycles. The number of ether oxygens (including phenoxy) is 4. The minimum absolute atomic E-state index is 0.0731. The van der Waals surface area contributed by atoms with Crippen LogP contribution in [0.1, 0.15) is 19.4 Å². The Kier molecular flexibility index (Phi) is 6.82. The number of fused-ring (bicyclic) bond motifs is 1. The second-order valence-corrected chi connectivity index (χ2v) is 7.34. The van der Waals surface area contributed by atoms with Crippen molar-refractivity contribution in [1.82, 2.24) is 5.06 Å². The van der Waals surface area contributed by atoms with E-state index in [2.05, 4.69) is 4.99 Å². The van der Waals surface area contributed by atoms with Gasteiger partial charge in [-0.15, -0.1) is 5.06 Å². The molecule has 9 nitrogen and oxygen atoms in total. The fraction of sp³-hybridized carbons (Fsp3) is 0.240. The number of carbonyl (C=O) groups is 1. The van der Waals surface area contributed by atoms with Crippen molar-refractivity contribution >= 4 is 23.7 Å². The number of allylic oxidation sites excluding steroid dienone is 1. The van der Waals surface area contributed by atoms with E-state index in [-0.39, 0.29) is 11.4 Å². The highest BCUT2D eigenvalue weighted by atomic mass is 16.7. The molecule has 0 unspecified atom stereocenters. The van der Waals surface area contributed by atoms with Crippen LogP contribution in [0.15, 0.2) is 64.9 Å². The number of aliphatic imine (C=N–C) groups is 1. The number of rotatable bonds is 9. The maximum absolute atomic E-state index is 12.5. The van der Waals surface area contributed by atoms with E-state index in [1.54, 1.807) is 50.5 Å². The van der Waals surface area contributed by atoms with Gasteiger partial charge in [0.15, 0.2) is 23.2 Å². The molecule has 1 amide bonds. The molecule has 2 aliphatic rings. The van der Waals surface area contributed by atoms with E-state index in [0.29, 0.717) is 54.2 Å². The van der Waals surface area contributed by atoms with E-state index in [1.807, 2.05) is 25.1 Å². The van der Waals surface area contributed by atoms with Crippen molar-refractivity contribution in [1.29, 1.82) is 5.41 Å². The Morgan fingerprint density at radius 2 is 1.85 bits per heavy atom. The van der Waals surface area contributed by atoms with Crippen LogP contribution < -0.4 is 18.9 Å². The summed E-state index contributed by atoms with van der Waals surface area (Å²) in [5.41, 5.74) is 0.786. The Morgan fingerprint density at radius 3 is 2.65 bits per heavy atom. The summed E-state index contributed by atoms with van der Waals surface area (Å²) >= 11 is 0. The number of nitrogens with one attached hydrogen (secondary N) is 1. The van der Waals surface area contributed by atoms with Crippen LogP contribution in [-0.4, -0.2) is 49.6 Å². The van der Waals surface area contributed by atoms with Crippen LogP contribution >= 0.6 is 0 Å². The first-order valence-electron chi connectivity index (χ1n) is 10.7. The smallest absolute Gasteiger partial charge is 0.282 e. The van der Waals surface area contributed by atoms with Gasteiger partial charge in [0.2, 0.25) is 0 Å². The molecule has 0 aliphatic carbocycles. The molecule has 0 saturated carbocycles. The average Bonchev–Trinajstić information content (AvgIpc) is 3.21. The Bertz CT molecular complexity index is 1200. The number of nitrogens with zero attached hydrogens (tertiary/aromatic N) is 2. The number of carbonyl (C=O) groups excluding carboxylic acids is 1. The van der Waals surface area contributed by atoms with Crippen LogP contribution in [0.2, 0.25) is 0 Å². The van der Waals surface area contributed by atoms with Gasteiger partial charge in [0, 0.05) is 12.1 Å². The fourth-order valence-corrected chi connectivity index (χ4v) is 3.37. The number of hydrogen-bond acceptors (Lipinski definition) is 7. The third-order valence-corrected chi connectivity index (χ3v) is 4.91. The monoisotopic (exact) mass is 463 g/mol. The maximum Gasteiger partial charge on any atom is 0.282 e. The number of amides is 1. The highest BCUT2D eigenvalue weighted by molar-refractivity contribution is 6.32. The lowest BCUT2D eigenvalue weighted by molar-refractivity contribution is -0.114. The number of hydroxylamine groups is 2. The quantitative estimate of drug-likeness (QED) is 0.443. The number of benzene rings is 2. The second kappa shape index (κ2) is 10.1. The van der Waals surface area contributed by atoms with Crippen LogP contribution in [-0.2, 0) is 9.63 Å². The molecule has 2 aromatic rings. The van der Waals surface area contributed by atoms with Gasteiger partial charge in [0.05, 0.1) is 19.3 Å². The molecule has 0 fully saturated rings. The summed E-state index contributed by atoms with van der Waals surface area (Å²) in [6, 6.07) is 12.6. The van der Waals surface area contributed by atoms with Crippen molar-refractivity contribution in [2.75, 3.05) is 26.9 Å². The minimum Gasteiger partial charge on any atom is -0.497 e. The summed E-state index contributed by atoms with van der Waals surface area (Å²) in [6.07, 6.45) is 3.20. The van der Waals surface area contributed by atoms with Crippen LogP contribution in [0.5, 0.6) is 23.0 Å². The summed E-state index contributed by atoms with van der Waals surface area (Å²) in [5.74, 6) is 2.77. The topological polar surface area (TPSA) is 103 Å². The van der Waals surface area contributed by atoms with E-state index in [9.17, 15) is 4.79 Å². The van der Waals surface area contributed by atoms with Gasteiger partial charge in [-0.1, -0.05) is 12.1 Å². The zero-order chi connectivity index (χ0) is 24.1. The lowest BCUT2D eigenvalue weighted by atomic mass is 10.1. The molecule has 9 heteroatoms. The molecule has 2 aromatic carbocycles. The zero-order valence-electron chi connectivity index (χ0n) is 19.2. The standard InChI is InChI=1S/C25H25N3O6/c1-4-31-22-14-17(13-20-24(26)28-23(27-25(20)29)12-16(2)34-28)8-9-21(22)33-11-10-32-19-7-5-6-18(15-19)30-3/h5-9,12-15,26H,4,10-11H2,1-3H3/b20-13-,26-24?. The second-order valence-electron chi connectivity index (χ2n) is 7.34. The predicted molar refractivity (Wildman–Crippen MR) is 126 cm³/mol. The largest absolute Gasteiger partial charge is 0.497 e. The first kappa shape index (κ1) is 22.9. The van der Waals surface area contributed by atoms with Crippen molar-refractivity contribution in [2.24, 2.45) is 4.99 Å². The molecular formula is C25H25N3O6. The van der Waals surface area contributed by atoms with Gasteiger partial charge in [-0.25, -0.2) is 0 Å². The van der Waals surface area contributed by atoms with Crippen molar-refractivity contribution < 1.29 is 28.6 Å². The number of amidine groups is 2. The van der Waals surface area contributed by atoms with Gasteiger partial charge in [-0.05, 0) is 49.8 Å². The lowest BCUT2D eigenvalue weighted by Gasteiger charge is -2.23. The molecule has 0 radical (unpaired) electrons. The molecule has 1 N–H and O–H groups in total. The Hall–Kier alpha value is -4.27. The van der Waals surface area contributed by atoms with Crippen LogP contribution in [0, 0.1) is 5.41 Å². The third-order valence-electron chi connectivity index (χ3n) is 4.91. The molecule has 0 spiro atoms. The number of methoxy groups -OCH3 is 1. The molecule has 2 aliphatic heterocycles. The summed E-state index contributed by atoms with van der Waals surface area (Å²) < 4.78 is 22.5. The van der Waals surface area contributed by atoms with Gasteiger partial charge in [0.25, 0.3) is 5.91 Å². The zero-order valence-corrected chi connectivity index (χ0v) is 19.2. The molecular weight excluding hydrogens is 438 g/mol. The first-order valence-corrected chi connectivity index (χ1v) is 10.7. The molecule has 2 heterocycles. The first-order chi connectivity index (χ1) is 16.5. The van der Waals surface area contributed by atoms with Crippen molar-refractivity contribution in [3.05, 3.63) is 65.4 Å². The number of hydrogen-bond donors (Lipinski definition) is 1. The predicted octanol–water partition coefficient (Wildman–Crippen LogP) is 4.00. The highest BCUT2D eigenvalue weighted by Crippen LogP contribution is 2.31. The van der Waals surface area contributed by atoms with Gasteiger partial charge in [0.1, 0.15) is 30.5 Å². The normalized spacial score (nSPS) is 16.0. The summed E-state index contributed by atoms with van der Waals surface area (Å²) in [6.45, 7) is 4.68. The summed E-state index contributed by atoms with van der Waals surface area (Å²) in [7, 11) is 1.60. The average molecular weight is 463 g/mol. The maximum atomic E-state index is 12.5. The SMILES string of the molecule is CCOc1cc(/C=C2/C(=N)N3OC(C)=CC3=NC2=O)ccc1OCCOc1cccc(OC)c1.